The minimum absolute atomic E-state index is 0.357. The van der Waals surface area contributed by atoms with E-state index >= 15 is 0 Å². The van der Waals surface area contributed by atoms with Crippen molar-refractivity contribution in [2.75, 3.05) is 13.1 Å². The molecule has 3 heteroatoms. The molecule has 0 bridgehead atoms. The molecule has 16 heavy (non-hydrogen) atoms. The van der Waals surface area contributed by atoms with Crippen LogP contribution in [-0.4, -0.2) is 35.6 Å². The molecule has 0 aromatic rings. The molecule has 1 aliphatic rings. The highest BCUT2D eigenvalue weighted by Crippen LogP contribution is 2.20. The molecule has 1 fully saturated rings. The van der Waals surface area contributed by atoms with E-state index in [1.807, 2.05) is 6.92 Å². The fourth-order valence-corrected chi connectivity index (χ4v) is 2.68. The second-order valence-electron chi connectivity index (χ2n) is 5.54. The summed E-state index contributed by atoms with van der Waals surface area (Å²) in [5.41, 5.74) is -0.393. The summed E-state index contributed by atoms with van der Waals surface area (Å²) in [6.45, 7) is 10.8. The zero-order valence-corrected chi connectivity index (χ0v) is 11.1. The lowest BCUT2D eigenvalue weighted by molar-refractivity contribution is 0.208. The van der Waals surface area contributed by atoms with Crippen LogP contribution in [0.2, 0.25) is 0 Å². The number of rotatable bonds is 5. The molecule has 0 saturated carbocycles. The molecule has 2 unspecified atom stereocenters. The van der Waals surface area contributed by atoms with Gasteiger partial charge in [-0.3, -0.25) is 5.32 Å². The Hall–Kier alpha value is -0.590. The van der Waals surface area contributed by atoms with Gasteiger partial charge in [-0.05, 0) is 60.0 Å². The van der Waals surface area contributed by atoms with Gasteiger partial charge in [0.2, 0.25) is 0 Å². The SMILES string of the molecule is CC(C)NC(C)(C#N)CC(C)N1CCCC1. The van der Waals surface area contributed by atoms with Crippen LogP contribution in [0.5, 0.6) is 0 Å². The quantitative estimate of drug-likeness (QED) is 0.776. The van der Waals surface area contributed by atoms with E-state index in [9.17, 15) is 5.26 Å². The van der Waals surface area contributed by atoms with Gasteiger partial charge in [0.25, 0.3) is 0 Å². The van der Waals surface area contributed by atoms with E-state index in [2.05, 4.69) is 37.1 Å². The molecule has 0 amide bonds. The third-order valence-electron chi connectivity index (χ3n) is 3.32. The van der Waals surface area contributed by atoms with E-state index in [0.29, 0.717) is 12.1 Å². The first-order valence-corrected chi connectivity index (χ1v) is 6.40. The monoisotopic (exact) mass is 223 g/mol. The fourth-order valence-electron chi connectivity index (χ4n) is 2.68. The van der Waals surface area contributed by atoms with E-state index in [-0.39, 0.29) is 0 Å². The van der Waals surface area contributed by atoms with Gasteiger partial charge >= 0.3 is 0 Å². The summed E-state index contributed by atoms with van der Waals surface area (Å²) >= 11 is 0. The Bertz CT molecular complexity index is 250. The van der Waals surface area contributed by atoms with E-state index in [1.165, 1.54) is 25.9 Å². The molecular formula is C13H25N3. The standard InChI is InChI=1S/C13H25N3/c1-11(2)15-13(4,10-14)9-12(3)16-7-5-6-8-16/h11-12,15H,5-9H2,1-4H3. The Morgan fingerprint density at radius 1 is 1.31 bits per heavy atom. The lowest BCUT2D eigenvalue weighted by Crippen LogP contribution is -2.49. The summed E-state index contributed by atoms with van der Waals surface area (Å²) < 4.78 is 0. The predicted molar refractivity (Wildman–Crippen MR) is 67.2 cm³/mol. The van der Waals surface area contributed by atoms with Crippen LogP contribution in [0.15, 0.2) is 0 Å². The molecule has 3 nitrogen and oxygen atoms in total. The first-order valence-electron chi connectivity index (χ1n) is 6.40. The smallest absolute Gasteiger partial charge is 0.105 e. The van der Waals surface area contributed by atoms with Gasteiger partial charge in [0, 0.05) is 12.1 Å². The van der Waals surface area contributed by atoms with Crippen LogP contribution in [0.1, 0.15) is 47.0 Å². The molecule has 0 radical (unpaired) electrons. The van der Waals surface area contributed by atoms with Crippen molar-refractivity contribution < 1.29 is 0 Å². The second-order valence-corrected chi connectivity index (χ2v) is 5.54. The van der Waals surface area contributed by atoms with Crippen molar-refractivity contribution in [3.63, 3.8) is 0 Å². The predicted octanol–water partition coefficient (Wildman–Crippen LogP) is 2.14. The maximum Gasteiger partial charge on any atom is 0.105 e. The molecule has 92 valence electrons. The van der Waals surface area contributed by atoms with E-state index in [4.69, 9.17) is 0 Å². The molecule has 0 spiro atoms. The Morgan fingerprint density at radius 3 is 2.31 bits per heavy atom. The number of nitrogens with one attached hydrogen (secondary N) is 1. The zero-order valence-electron chi connectivity index (χ0n) is 11.1. The first-order chi connectivity index (χ1) is 7.47. The average Bonchev–Trinajstić information content (AvgIpc) is 2.69. The average molecular weight is 223 g/mol. The third kappa shape index (κ3) is 3.77. The number of nitriles is 1. The highest BCUT2D eigenvalue weighted by Gasteiger charge is 2.30. The Labute approximate surface area is 99.8 Å². The maximum atomic E-state index is 9.29. The van der Waals surface area contributed by atoms with Gasteiger partial charge in [-0.15, -0.1) is 0 Å². The van der Waals surface area contributed by atoms with Gasteiger partial charge in [-0.25, -0.2) is 0 Å². The second kappa shape index (κ2) is 5.65. The molecule has 0 aliphatic carbocycles. The van der Waals surface area contributed by atoms with Gasteiger partial charge in [-0.1, -0.05) is 0 Å². The summed E-state index contributed by atoms with van der Waals surface area (Å²) in [6, 6.07) is 3.28. The van der Waals surface area contributed by atoms with Crippen molar-refractivity contribution in [2.45, 2.75) is 64.6 Å². The molecule has 0 aromatic heterocycles. The minimum Gasteiger partial charge on any atom is -0.301 e. The molecule has 1 N–H and O–H groups in total. The van der Waals surface area contributed by atoms with Crippen molar-refractivity contribution in [2.24, 2.45) is 0 Å². The largest absolute Gasteiger partial charge is 0.301 e. The van der Waals surface area contributed by atoms with Gasteiger partial charge in [0.15, 0.2) is 0 Å². The number of nitrogens with zero attached hydrogens (tertiary/aromatic N) is 2. The van der Waals surface area contributed by atoms with E-state index < -0.39 is 5.54 Å². The Balaban J connectivity index is 2.51. The first kappa shape index (κ1) is 13.5. The van der Waals surface area contributed by atoms with E-state index in [1.54, 1.807) is 0 Å². The molecule has 1 saturated heterocycles. The highest BCUT2D eigenvalue weighted by molar-refractivity contribution is 5.06. The van der Waals surface area contributed by atoms with Gasteiger partial charge in [0.05, 0.1) is 6.07 Å². The molecule has 0 aromatic carbocycles. The van der Waals surface area contributed by atoms with Crippen molar-refractivity contribution >= 4 is 0 Å². The van der Waals surface area contributed by atoms with Crippen LogP contribution < -0.4 is 5.32 Å². The van der Waals surface area contributed by atoms with E-state index in [0.717, 1.165) is 6.42 Å². The van der Waals surface area contributed by atoms with Crippen LogP contribution in [0, 0.1) is 11.3 Å². The number of hydrogen-bond acceptors (Lipinski definition) is 3. The molecule has 1 rings (SSSR count). The van der Waals surface area contributed by atoms with Crippen LogP contribution >= 0.6 is 0 Å². The van der Waals surface area contributed by atoms with Gasteiger partial charge < -0.3 is 4.90 Å². The third-order valence-corrected chi connectivity index (χ3v) is 3.32. The van der Waals surface area contributed by atoms with Crippen molar-refractivity contribution in [1.82, 2.24) is 10.2 Å². The highest BCUT2D eigenvalue weighted by atomic mass is 15.2. The van der Waals surface area contributed by atoms with Crippen LogP contribution in [0.4, 0.5) is 0 Å². The Kier molecular flexibility index (Phi) is 4.76. The zero-order chi connectivity index (χ0) is 12.2. The molecular weight excluding hydrogens is 198 g/mol. The van der Waals surface area contributed by atoms with Crippen LogP contribution in [0.3, 0.4) is 0 Å². The van der Waals surface area contributed by atoms with Gasteiger partial charge in [0.1, 0.15) is 5.54 Å². The normalized spacial score (nSPS) is 23.0. The molecule has 1 aliphatic heterocycles. The minimum atomic E-state index is -0.393. The number of likely N-dealkylation sites (tertiary alicyclic amines) is 1. The summed E-state index contributed by atoms with van der Waals surface area (Å²) in [5, 5.41) is 12.7. The van der Waals surface area contributed by atoms with Crippen molar-refractivity contribution in [1.29, 1.82) is 5.26 Å². The summed E-state index contributed by atoms with van der Waals surface area (Å²) in [7, 11) is 0. The van der Waals surface area contributed by atoms with Crippen LogP contribution in [0.25, 0.3) is 0 Å². The van der Waals surface area contributed by atoms with Crippen LogP contribution in [-0.2, 0) is 0 Å². The lowest BCUT2D eigenvalue weighted by atomic mass is 9.93. The summed E-state index contributed by atoms with van der Waals surface area (Å²) in [5.74, 6) is 0. The Morgan fingerprint density at radius 2 is 1.88 bits per heavy atom. The number of hydrogen-bond donors (Lipinski definition) is 1. The summed E-state index contributed by atoms with van der Waals surface area (Å²) in [4.78, 5) is 2.50. The van der Waals surface area contributed by atoms with Gasteiger partial charge in [-0.2, -0.15) is 5.26 Å². The summed E-state index contributed by atoms with van der Waals surface area (Å²) in [6.07, 6.45) is 3.53. The lowest BCUT2D eigenvalue weighted by Gasteiger charge is -2.32. The fraction of sp³-hybridized carbons (Fsp3) is 0.923. The van der Waals surface area contributed by atoms with Crippen molar-refractivity contribution in [3.05, 3.63) is 0 Å². The topological polar surface area (TPSA) is 39.1 Å². The molecule has 2 atom stereocenters. The molecule has 1 heterocycles. The van der Waals surface area contributed by atoms with Crippen molar-refractivity contribution in [3.8, 4) is 6.07 Å². The maximum absolute atomic E-state index is 9.29.